The Morgan fingerprint density at radius 1 is 1.59 bits per heavy atom. The average Bonchev–Trinajstić information content (AvgIpc) is 2.58. The smallest absolute Gasteiger partial charge is 0.323 e. The molecule has 0 spiro atoms. The maximum Gasteiger partial charge on any atom is 0.323 e. The third kappa shape index (κ3) is 4.99. The van der Waals surface area contributed by atoms with Gasteiger partial charge in [-0.1, -0.05) is 0 Å². The van der Waals surface area contributed by atoms with E-state index >= 15 is 0 Å². The number of aromatic nitrogens is 1. The van der Waals surface area contributed by atoms with Crippen LogP contribution in [0.1, 0.15) is 39.3 Å². The fourth-order valence-electron chi connectivity index (χ4n) is 1.20. The van der Waals surface area contributed by atoms with Crippen LogP contribution in [0.4, 0.5) is 0 Å². The van der Waals surface area contributed by atoms with E-state index in [4.69, 9.17) is 9.15 Å². The number of rotatable bonds is 4. The van der Waals surface area contributed by atoms with E-state index in [1.807, 2.05) is 27.7 Å². The second-order valence-electron chi connectivity index (χ2n) is 5.00. The molecule has 1 aromatic rings. The molecule has 0 aliphatic rings. The van der Waals surface area contributed by atoms with Crippen LogP contribution in [0.5, 0.6) is 0 Å². The second-order valence-corrected chi connectivity index (χ2v) is 5.00. The maximum absolute atomic E-state index is 11.6. The van der Waals surface area contributed by atoms with Crippen molar-refractivity contribution >= 4 is 5.97 Å². The van der Waals surface area contributed by atoms with Gasteiger partial charge < -0.3 is 9.15 Å². The van der Waals surface area contributed by atoms with Crippen molar-refractivity contribution in [3.63, 3.8) is 0 Å². The van der Waals surface area contributed by atoms with E-state index in [1.165, 1.54) is 0 Å². The zero-order valence-electron chi connectivity index (χ0n) is 11.0. The van der Waals surface area contributed by atoms with Gasteiger partial charge in [0.1, 0.15) is 17.4 Å². The molecule has 0 aliphatic heterocycles. The minimum absolute atomic E-state index is 0.277. The number of hydrogen-bond acceptors (Lipinski definition) is 5. The molecule has 0 bridgehead atoms. The van der Waals surface area contributed by atoms with Crippen LogP contribution in [0.15, 0.2) is 10.6 Å². The van der Waals surface area contributed by atoms with Gasteiger partial charge in [0, 0.05) is 0 Å². The number of carbonyl (C=O) groups excluding carboxylic acids is 1. The van der Waals surface area contributed by atoms with Gasteiger partial charge in [-0.2, -0.15) is 0 Å². The number of nitrogens with zero attached hydrogens (tertiary/aromatic N) is 1. The molecule has 17 heavy (non-hydrogen) atoms. The van der Waals surface area contributed by atoms with Crippen molar-refractivity contribution in [3.05, 3.63) is 17.8 Å². The summed E-state index contributed by atoms with van der Waals surface area (Å²) in [6.45, 7) is 9.52. The Hall–Kier alpha value is -1.36. The van der Waals surface area contributed by atoms with Gasteiger partial charge in [-0.25, -0.2) is 4.98 Å². The first kappa shape index (κ1) is 13.7. The van der Waals surface area contributed by atoms with Gasteiger partial charge in [0.05, 0.1) is 12.7 Å². The summed E-state index contributed by atoms with van der Waals surface area (Å²) in [6.07, 6.45) is 1.65. The maximum atomic E-state index is 11.6. The first-order chi connectivity index (χ1) is 7.78. The fraction of sp³-hybridized carbons (Fsp3) is 0.667. The third-order valence-electron chi connectivity index (χ3n) is 1.99. The van der Waals surface area contributed by atoms with Gasteiger partial charge in [0.25, 0.3) is 0 Å². The molecule has 1 aromatic heterocycles. The summed E-state index contributed by atoms with van der Waals surface area (Å²) in [4.78, 5) is 15.7. The number of ether oxygens (including phenoxy) is 1. The SMILES string of the molecule is Cc1cnc(CNC(C)C(=O)OC(C)(C)C)o1. The predicted molar refractivity (Wildman–Crippen MR) is 63.4 cm³/mol. The van der Waals surface area contributed by atoms with Gasteiger partial charge in [-0.15, -0.1) is 0 Å². The molecule has 5 heteroatoms. The molecule has 1 heterocycles. The summed E-state index contributed by atoms with van der Waals surface area (Å²) in [5.74, 6) is 1.05. The molecular formula is C12H20N2O3. The number of hydrogen-bond donors (Lipinski definition) is 1. The molecule has 0 radical (unpaired) electrons. The quantitative estimate of drug-likeness (QED) is 0.813. The highest BCUT2D eigenvalue weighted by atomic mass is 16.6. The minimum Gasteiger partial charge on any atom is -0.459 e. The molecule has 0 aromatic carbocycles. The Labute approximate surface area is 102 Å². The Bertz CT molecular complexity index is 379. The molecule has 1 N–H and O–H groups in total. The molecule has 96 valence electrons. The zero-order chi connectivity index (χ0) is 13.1. The summed E-state index contributed by atoms with van der Waals surface area (Å²) < 4.78 is 10.5. The molecule has 0 amide bonds. The van der Waals surface area contributed by atoms with Crippen LogP contribution in [-0.4, -0.2) is 22.6 Å². The summed E-state index contributed by atoms with van der Waals surface area (Å²) in [7, 11) is 0. The van der Waals surface area contributed by atoms with Gasteiger partial charge >= 0.3 is 5.97 Å². The molecule has 1 unspecified atom stereocenters. The Kier molecular flexibility index (Phi) is 4.28. The summed E-state index contributed by atoms with van der Waals surface area (Å²) >= 11 is 0. The van der Waals surface area contributed by atoms with Gasteiger partial charge in [-0.3, -0.25) is 10.1 Å². The molecule has 0 saturated carbocycles. The highest BCUT2D eigenvalue weighted by Crippen LogP contribution is 2.08. The van der Waals surface area contributed by atoms with Crippen molar-refractivity contribution in [2.45, 2.75) is 52.8 Å². The van der Waals surface area contributed by atoms with E-state index in [9.17, 15) is 4.79 Å². The lowest BCUT2D eigenvalue weighted by Gasteiger charge is -2.22. The van der Waals surface area contributed by atoms with Crippen LogP contribution < -0.4 is 5.32 Å². The second kappa shape index (κ2) is 5.31. The van der Waals surface area contributed by atoms with Crippen molar-refractivity contribution in [1.82, 2.24) is 10.3 Å². The molecular weight excluding hydrogens is 220 g/mol. The fourth-order valence-corrected chi connectivity index (χ4v) is 1.20. The third-order valence-corrected chi connectivity index (χ3v) is 1.99. The largest absolute Gasteiger partial charge is 0.459 e. The van der Waals surface area contributed by atoms with E-state index in [0.29, 0.717) is 12.4 Å². The average molecular weight is 240 g/mol. The number of esters is 1. The molecule has 0 aliphatic carbocycles. The monoisotopic (exact) mass is 240 g/mol. The Morgan fingerprint density at radius 2 is 2.24 bits per heavy atom. The molecule has 1 atom stereocenters. The summed E-state index contributed by atoms with van der Waals surface area (Å²) in [5, 5.41) is 3.00. The van der Waals surface area contributed by atoms with Crippen LogP contribution in [0.3, 0.4) is 0 Å². The molecule has 0 saturated heterocycles. The Morgan fingerprint density at radius 3 is 2.71 bits per heavy atom. The number of oxazole rings is 1. The first-order valence-corrected chi connectivity index (χ1v) is 5.65. The number of nitrogens with one attached hydrogen (secondary N) is 1. The Balaban J connectivity index is 2.39. The zero-order valence-corrected chi connectivity index (χ0v) is 11.0. The van der Waals surface area contributed by atoms with Gasteiger partial charge in [0.2, 0.25) is 5.89 Å². The highest BCUT2D eigenvalue weighted by Gasteiger charge is 2.21. The van der Waals surface area contributed by atoms with Gasteiger partial charge in [-0.05, 0) is 34.6 Å². The van der Waals surface area contributed by atoms with Crippen molar-refractivity contribution in [2.75, 3.05) is 0 Å². The molecule has 0 fully saturated rings. The predicted octanol–water partition coefficient (Wildman–Crippen LogP) is 1.80. The lowest BCUT2D eigenvalue weighted by atomic mass is 10.2. The van der Waals surface area contributed by atoms with E-state index in [2.05, 4.69) is 10.3 Å². The topological polar surface area (TPSA) is 64.4 Å². The number of aryl methyl sites for hydroxylation is 1. The van der Waals surface area contributed by atoms with Crippen LogP contribution in [0.25, 0.3) is 0 Å². The van der Waals surface area contributed by atoms with Crippen molar-refractivity contribution < 1.29 is 13.9 Å². The molecule has 1 rings (SSSR count). The standard InChI is InChI=1S/C12H20N2O3/c1-8-6-14-10(16-8)7-13-9(2)11(15)17-12(3,4)5/h6,9,13H,7H2,1-5H3. The van der Waals surface area contributed by atoms with Crippen molar-refractivity contribution in [1.29, 1.82) is 0 Å². The highest BCUT2D eigenvalue weighted by molar-refractivity contribution is 5.75. The van der Waals surface area contributed by atoms with Crippen LogP contribution in [0, 0.1) is 6.92 Å². The van der Waals surface area contributed by atoms with E-state index in [1.54, 1.807) is 13.1 Å². The van der Waals surface area contributed by atoms with E-state index in [0.717, 1.165) is 5.76 Å². The number of carbonyl (C=O) groups is 1. The summed E-state index contributed by atoms with van der Waals surface area (Å²) in [5.41, 5.74) is -0.466. The minimum atomic E-state index is -0.466. The lowest BCUT2D eigenvalue weighted by Crippen LogP contribution is -2.38. The first-order valence-electron chi connectivity index (χ1n) is 5.65. The molecule has 5 nitrogen and oxygen atoms in total. The lowest BCUT2D eigenvalue weighted by molar-refractivity contribution is -0.157. The van der Waals surface area contributed by atoms with E-state index in [-0.39, 0.29) is 12.0 Å². The van der Waals surface area contributed by atoms with Crippen molar-refractivity contribution in [2.24, 2.45) is 0 Å². The summed E-state index contributed by atoms with van der Waals surface area (Å²) in [6, 6.07) is -0.388. The van der Waals surface area contributed by atoms with Crippen molar-refractivity contribution in [3.8, 4) is 0 Å². The van der Waals surface area contributed by atoms with E-state index < -0.39 is 5.60 Å². The van der Waals surface area contributed by atoms with Crippen LogP contribution >= 0.6 is 0 Å². The van der Waals surface area contributed by atoms with Crippen LogP contribution in [0.2, 0.25) is 0 Å². The van der Waals surface area contributed by atoms with Gasteiger partial charge in [0.15, 0.2) is 0 Å². The van der Waals surface area contributed by atoms with Crippen LogP contribution in [-0.2, 0) is 16.1 Å². The normalized spacial score (nSPS) is 13.5.